The third-order valence-corrected chi connectivity index (χ3v) is 20.3. The van der Waals surface area contributed by atoms with Gasteiger partial charge in [-0.05, 0) is 96.9 Å². The zero-order valence-corrected chi connectivity index (χ0v) is 52.6. The third kappa shape index (κ3) is 15.4. The molecule has 14 atom stereocenters. The second kappa shape index (κ2) is 29.2. The summed E-state index contributed by atoms with van der Waals surface area (Å²) in [4.78, 5) is 75.5. The quantitative estimate of drug-likeness (QED) is 0.127. The van der Waals surface area contributed by atoms with Crippen molar-refractivity contribution in [3.63, 3.8) is 0 Å². The van der Waals surface area contributed by atoms with Gasteiger partial charge in [0.15, 0.2) is 27.1 Å². The summed E-state index contributed by atoms with van der Waals surface area (Å²) in [6.07, 6.45) is -4.97. The predicted molar refractivity (Wildman–Crippen MR) is 303 cm³/mol. The molecule has 8 heterocycles. The second-order valence-corrected chi connectivity index (χ2v) is 26.6. The van der Waals surface area contributed by atoms with Gasteiger partial charge in [0.05, 0.1) is 57.8 Å². The molecule has 5 aliphatic rings. The molecule has 8 rings (SSSR count). The lowest BCUT2D eigenvalue weighted by atomic mass is 9.84. The molecule has 5 fully saturated rings. The minimum atomic E-state index is -3.79. The number of fused-ring (bicyclic) bond motifs is 2. The number of nitriles is 3. The Morgan fingerprint density at radius 3 is 1.21 bits per heavy atom. The standard InChI is InChI=1S/C14H33N2OP.2C13H16N3O7P.C11H13N3O5/c1-10-17-18(15(11(2)3)12(4)5)16(13(6)7)14(8)9;2*1-3-20-24(19)21-6-8-10(23-24)13(2,7-14)11(22-8)16-5-4-9(17)15-12(16)18;1-11(5-12)8(17)6(4-15)19-9(11)14-3-2-7(16)13-10(14)18/h11-14H,10H2,1-9H3;2*4-5,8,10-11H,3,6H2,1-2H3,(H,15,17,18);2-3,6,8-9,15,17H,4H2,1H3,(H,13,16,18)/t;2*8-,10-,11-,13-,24?;6-,8-,9-,11-/m.111/s1. The number of phosphoric ester groups is 2. The predicted octanol–water partition coefficient (Wildman–Crippen LogP) is 3.85. The van der Waals surface area contributed by atoms with Crippen LogP contribution in [0.15, 0.2) is 65.6 Å². The zero-order chi connectivity index (χ0) is 63.7. The molecule has 0 radical (unpaired) electrons. The van der Waals surface area contributed by atoms with Gasteiger partial charge >= 0.3 is 32.7 Å². The monoisotopic (exact) mass is 1260 g/mol. The second-order valence-electron chi connectivity index (χ2n) is 21.6. The summed E-state index contributed by atoms with van der Waals surface area (Å²) in [6.45, 7) is 28.2. The average molecular weight is 1260 g/mol. The Labute approximate surface area is 491 Å². The number of nitrogens with one attached hydrogen (secondary N) is 3. The van der Waals surface area contributed by atoms with Crippen LogP contribution >= 0.6 is 24.1 Å². The van der Waals surface area contributed by atoms with Gasteiger partial charge in [0.25, 0.3) is 16.7 Å². The fourth-order valence-electron chi connectivity index (χ4n) is 10.2. The van der Waals surface area contributed by atoms with Crippen LogP contribution < -0.4 is 33.7 Å². The molecule has 0 spiro atoms. The van der Waals surface area contributed by atoms with Crippen molar-refractivity contribution in [3.8, 4) is 18.2 Å². The maximum atomic E-state index is 12.4. The van der Waals surface area contributed by atoms with Crippen molar-refractivity contribution in [2.24, 2.45) is 16.2 Å². The van der Waals surface area contributed by atoms with Crippen molar-refractivity contribution in [2.45, 2.75) is 176 Å². The fraction of sp³-hybridized carbons (Fsp3) is 0.706. The molecular formula is C51H78N11O20P3. The number of nitrogens with zero attached hydrogens (tertiary/aromatic N) is 8. The Morgan fingerprint density at radius 1 is 0.612 bits per heavy atom. The molecular weight excluding hydrogens is 1180 g/mol. The van der Waals surface area contributed by atoms with E-state index in [0.717, 1.165) is 38.5 Å². The van der Waals surface area contributed by atoms with Gasteiger partial charge in [-0.3, -0.25) is 70.2 Å². The number of phosphoric acid groups is 2. The first-order chi connectivity index (χ1) is 39.8. The van der Waals surface area contributed by atoms with E-state index in [2.05, 4.69) is 93.8 Å². The Hall–Kier alpha value is -5.16. The summed E-state index contributed by atoms with van der Waals surface area (Å²) in [5.41, 5.74) is -7.98. The molecule has 5 saturated heterocycles. The Bertz CT molecular complexity index is 3190. The first-order valence-electron chi connectivity index (χ1n) is 27.4. The number of hydrogen-bond acceptors (Lipinski definition) is 25. The first kappa shape index (κ1) is 70.6. The molecule has 3 aromatic heterocycles. The normalized spacial score (nSPS) is 32.2. The van der Waals surface area contributed by atoms with Crippen LogP contribution in [0, 0.1) is 50.2 Å². The summed E-state index contributed by atoms with van der Waals surface area (Å²) in [6, 6.07) is 11.5. The number of aromatic nitrogens is 6. The van der Waals surface area contributed by atoms with Crippen LogP contribution in [0.1, 0.15) is 116 Å². The van der Waals surface area contributed by atoms with Crippen molar-refractivity contribution in [1.29, 1.82) is 15.8 Å². The van der Waals surface area contributed by atoms with Crippen LogP contribution in [0.3, 0.4) is 0 Å². The van der Waals surface area contributed by atoms with E-state index in [0.29, 0.717) is 24.2 Å². The Morgan fingerprint density at radius 2 is 0.941 bits per heavy atom. The summed E-state index contributed by atoms with van der Waals surface area (Å²) >= 11 is 0. The van der Waals surface area contributed by atoms with E-state index in [9.17, 15) is 58.8 Å². The smallest absolute Gasteiger partial charge is 0.394 e. The summed E-state index contributed by atoms with van der Waals surface area (Å²) in [5, 5.41) is 47.7. The van der Waals surface area contributed by atoms with Crippen LogP contribution in [0.25, 0.3) is 0 Å². The molecule has 0 bridgehead atoms. The Balaban J connectivity index is 0.000000209. The lowest BCUT2D eigenvalue weighted by molar-refractivity contribution is -0.0719. The summed E-state index contributed by atoms with van der Waals surface area (Å²) < 4.78 is 87.1. The molecule has 2 unspecified atom stereocenters. The number of H-pyrrole nitrogens is 3. The molecule has 0 aliphatic carbocycles. The van der Waals surface area contributed by atoms with Crippen LogP contribution in [0.2, 0.25) is 0 Å². The molecule has 85 heavy (non-hydrogen) atoms. The molecule has 34 heteroatoms. The molecule has 5 N–H and O–H groups in total. The van der Waals surface area contributed by atoms with Crippen molar-refractivity contribution in [2.75, 3.05) is 39.6 Å². The zero-order valence-electron chi connectivity index (χ0n) is 49.9. The summed E-state index contributed by atoms with van der Waals surface area (Å²) in [7, 11) is -8.26. The number of hydrogen-bond donors (Lipinski definition) is 5. The fourth-order valence-corrected chi connectivity index (χ4v) is 15.5. The first-order valence-corrected chi connectivity index (χ1v) is 31.5. The van der Waals surface area contributed by atoms with Crippen molar-refractivity contribution in [3.05, 3.63) is 99.3 Å². The maximum Gasteiger partial charge on any atom is 0.475 e. The minimum Gasteiger partial charge on any atom is -0.394 e. The van der Waals surface area contributed by atoms with Crippen LogP contribution in [0.4, 0.5) is 0 Å². The Kier molecular flexibility index (Phi) is 24.3. The molecule has 3 aromatic rings. The van der Waals surface area contributed by atoms with Crippen LogP contribution in [-0.2, 0) is 55.0 Å². The number of ether oxygens (including phenoxy) is 3. The lowest BCUT2D eigenvalue weighted by Crippen LogP contribution is -2.43. The SMILES string of the molecule is CCOP(N(C(C)C)C(C)C)N(C(C)C)C(C)C.CCOP1(=O)OC[C@H]2O[C@@H](n3ccc(=O)[nH]c3=O)[C@](C)(C#N)[C@@H]2O1.CCOP1(=O)OC[C@H]2O[C@@H](n3ccc(=O)[nH]c3=O)[C@](C)(C#N)[C@@H]2O1.C[C@@]1(C#N)[C@H](O)[C@@H](CO)O[C@H]1n1ccc(=O)[nH]c1=O. The largest absolute Gasteiger partial charge is 0.475 e. The van der Waals surface area contributed by atoms with Gasteiger partial charge in [0.1, 0.15) is 52.9 Å². The number of aliphatic hydroxyl groups excluding tert-OH is 2. The third-order valence-electron chi connectivity index (χ3n) is 14.1. The minimum absolute atomic E-state index is 0.103. The summed E-state index contributed by atoms with van der Waals surface area (Å²) in [5.74, 6) is 0. The van der Waals surface area contributed by atoms with Crippen LogP contribution in [0.5, 0.6) is 0 Å². The number of rotatable bonds is 16. The number of aromatic amines is 3. The lowest BCUT2D eigenvalue weighted by Gasteiger charge is -2.45. The molecule has 0 amide bonds. The van der Waals surface area contributed by atoms with Gasteiger partial charge in [-0.1, -0.05) is 0 Å². The highest BCUT2D eigenvalue weighted by atomic mass is 31.2. The molecule has 5 aliphatic heterocycles. The highest BCUT2D eigenvalue weighted by Crippen LogP contribution is 2.62. The highest BCUT2D eigenvalue weighted by Gasteiger charge is 2.63. The van der Waals surface area contributed by atoms with E-state index in [-0.39, 0.29) is 26.4 Å². The highest BCUT2D eigenvalue weighted by molar-refractivity contribution is 7.49. The number of aliphatic hydroxyl groups is 2. The van der Waals surface area contributed by atoms with Crippen LogP contribution in [-0.4, -0.2) is 149 Å². The van der Waals surface area contributed by atoms with E-state index >= 15 is 0 Å². The van der Waals surface area contributed by atoms with E-state index in [1.54, 1.807) is 13.8 Å². The molecule has 31 nitrogen and oxygen atoms in total. The molecule has 0 aromatic carbocycles. The van der Waals surface area contributed by atoms with Gasteiger partial charge in [-0.15, -0.1) is 0 Å². The van der Waals surface area contributed by atoms with Gasteiger partial charge in [-0.2, -0.15) is 15.8 Å². The average Bonchev–Trinajstić information content (AvgIpc) is 1.70. The van der Waals surface area contributed by atoms with Gasteiger partial charge in [0.2, 0.25) is 0 Å². The topological polar surface area (TPSA) is 409 Å². The van der Waals surface area contributed by atoms with Crippen molar-refractivity contribution >= 4 is 24.1 Å². The van der Waals surface area contributed by atoms with Gasteiger partial charge in [-0.25, -0.2) is 32.9 Å². The molecule has 472 valence electrons. The van der Waals surface area contributed by atoms with E-state index < -0.39 is 136 Å². The van der Waals surface area contributed by atoms with E-state index in [1.807, 2.05) is 11.1 Å². The van der Waals surface area contributed by atoms with Crippen molar-refractivity contribution in [1.82, 2.24) is 38.0 Å². The van der Waals surface area contributed by atoms with Crippen molar-refractivity contribution < 1.29 is 65.2 Å². The van der Waals surface area contributed by atoms with E-state index in [4.69, 9.17) is 51.0 Å². The maximum absolute atomic E-state index is 12.4. The molecule has 0 saturated carbocycles. The van der Waals surface area contributed by atoms with Gasteiger partial charge in [0, 0.05) is 61.0 Å². The van der Waals surface area contributed by atoms with Gasteiger partial charge < -0.3 is 28.9 Å². The van der Waals surface area contributed by atoms with E-state index in [1.165, 1.54) is 39.4 Å².